The molecule has 1 aromatic rings. The molecule has 0 spiro atoms. The molecule has 1 aliphatic carbocycles. The molecule has 1 radical (unpaired) electrons. The number of rotatable bonds is 2. The van der Waals surface area contributed by atoms with Crippen LogP contribution >= 0.6 is 15.9 Å². The van der Waals surface area contributed by atoms with Crippen LogP contribution in [-0.2, 0) is 0 Å². The third kappa shape index (κ3) is 3.87. The first-order valence-corrected chi connectivity index (χ1v) is 8.58. The zero-order chi connectivity index (χ0) is 15.0. The number of hydrogen-bond acceptors (Lipinski definition) is 0. The summed E-state index contributed by atoms with van der Waals surface area (Å²) < 4.78 is 1.17. The third-order valence-electron chi connectivity index (χ3n) is 4.72. The Labute approximate surface area is 133 Å². The van der Waals surface area contributed by atoms with E-state index >= 15 is 0 Å². The summed E-state index contributed by atoms with van der Waals surface area (Å²) in [5.74, 6) is 2.35. The van der Waals surface area contributed by atoms with Crippen LogP contribution in [0.2, 0.25) is 0 Å². The second kappa shape index (κ2) is 5.83. The van der Waals surface area contributed by atoms with E-state index in [0.29, 0.717) is 16.7 Å². The van der Waals surface area contributed by atoms with Gasteiger partial charge in [0.25, 0.3) is 0 Å². The number of hydrogen-bond donors (Lipinski definition) is 0. The Hall–Kier alpha value is -0.300. The molecule has 0 N–H and O–H groups in total. The van der Waals surface area contributed by atoms with Gasteiger partial charge in [0.1, 0.15) is 0 Å². The van der Waals surface area contributed by atoms with E-state index in [9.17, 15) is 0 Å². The SMILES string of the molecule is CC1(C)CC[C](C(c2ccc(Br)cc2)C(C)(C)C)CC1. The fourth-order valence-electron chi connectivity index (χ4n) is 3.54. The van der Waals surface area contributed by atoms with E-state index in [2.05, 4.69) is 74.8 Å². The molecule has 1 aliphatic rings. The molecule has 2 rings (SSSR count). The van der Waals surface area contributed by atoms with Crippen LogP contribution in [0.4, 0.5) is 0 Å². The molecular weight excluding hydrogens is 308 g/mol. The molecule has 1 atom stereocenters. The maximum atomic E-state index is 3.55. The van der Waals surface area contributed by atoms with Crippen LogP contribution in [-0.4, -0.2) is 0 Å². The van der Waals surface area contributed by atoms with Gasteiger partial charge in [-0.25, -0.2) is 0 Å². The van der Waals surface area contributed by atoms with Crippen molar-refractivity contribution < 1.29 is 0 Å². The van der Waals surface area contributed by atoms with Gasteiger partial charge >= 0.3 is 0 Å². The Morgan fingerprint density at radius 3 is 1.95 bits per heavy atom. The van der Waals surface area contributed by atoms with E-state index in [1.54, 1.807) is 5.92 Å². The Morgan fingerprint density at radius 2 is 1.50 bits per heavy atom. The van der Waals surface area contributed by atoms with Gasteiger partial charge in [0, 0.05) is 4.47 Å². The van der Waals surface area contributed by atoms with Gasteiger partial charge in [-0.3, -0.25) is 0 Å². The fraction of sp³-hybridized carbons (Fsp3) is 0.632. The van der Waals surface area contributed by atoms with Gasteiger partial charge in [0.05, 0.1) is 0 Å². The number of halogens is 1. The zero-order valence-corrected chi connectivity index (χ0v) is 15.2. The summed E-state index contributed by atoms with van der Waals surface area (Å²) in [6.07, 6.45) is 5.27. The van der Waals surface area contributed by atoms with Crippen molar-refractivity contribution in [2.45, 2.75) is 66.2 Å². The molecular formula is C19H28Br. The average molecular weight is 336 g/mol. The molecule has 1 aromatic carbocycles. The van der Waals surface area contributed by atoms with Crippen LogP contribution in [0.5, 0.6) is 0 Å². The highest BCUT2D eigenvalue weighted by Crippen LogP contribution is 2.51. The molecule has 0 aromatic heterocycles. The Balaban J connectivity index is 2.23. The molecule has 1 heteroatoms. The molecule has 0 bridgehead atoms. The predicted octanol–water partition coefficient (Wildman–Crippen LogP) is 6.75. The first-order chi connectivity index (χ1) is 9.19. The van der Waals surface area contributed by atoms with Gasteiger partial charge < -0.3 is 0 Å². The maximum Gasteiger partial charge on any atom is 0.0175 e. The van der Waals surface area contributed by atoms with E-state index in [0.717, 1.165) is 0 Å². The van der Waals surface area contributed by atoms with Gasteiger partial charge in [0.15, 0.2) is 0 Å². The Kier molecular flexibility index (Phi) is 4.69. The molecule has 20 heavy (non-hydrogen) atoms. The topological polar surface area (TPSA) is 0 Å². The third-order valence-corrected chi connectivity index (χ3v) is 5.25. The minimum absolute atomic E-state index is 0.296. The van der Waals surface area contributed by atoms with Crippen molar-refractivity contribution in [2.75, 3.05) is 0 Å². The lowest BCUT2D eigenvalue weighted by atomic mass is 9.62. The summed E-state index contributed by atoms with van der Waals surface area (Å²) in [6, 6.07) is 8.96. The Bertz CT molecular complexity index is 426. The van der Waals surface area contributed by atoms with Gasteiger partial charge in [0.2, 0.25) is 0 Å². The van der Waals surface area contributed by atoms with Crippen LogP contribution in [0, 0.1) is 16.7 Å². The summed E-state index contributed by atoms with van der Waals surface area (Å²) in [4.78, 5) is 0. The summed E-state index contributed by atoms with van der Waals surface area (Å²) in [6.45, 7) is 12.0. The largest absolute Gasteiger partial charge is 0.0599 e. The van der Waals surface area contributed by atoms with Crippen molar-refractivity contribution in [3.63, 3.8) is 0 Å². The van der Waals surface area contributed by atoms with E-state index in [1.165, 1.54) is 35.7 Å². The molecule has 1 fully saturated rings. The smallest absolute Gasteiger partial charge is 0.0175 e. The van der Waals surface area contributed by atoms with Gasteiger partial charge in [-0.15, -0.1) is 0 Å². The Morgan fingerprint density at radius 1 is 1.00 bits per heavy atom. The number of benzene rings is 1. The minimum atomic E-state index is 0.296. The van der Waals surface area contributed by atoms with Crippen LogP contribution in [0.1, 0.15) is 71.8 Å². The standard InChI is InChI=1S/C19H28Br/c1-18(2,3)17(14-6-8-16(20)9-7-14)15-10-12-19(4,5)13-11-15/h6-9,17H,10-13H2,1-5H3. The summed E-state index contributed by atoms with van der Waals surface area (Å²) in [5, 5.41) is 0. The lowest BCUT2D eigenvalue weighted by Gasteiger charge is -2.43. The predicted molar refractivity (Wildman–Crippen MR) is 91.8 cm³/mol. The zero-order valence-electron chi connectivity index (χ0n) is 13.6. The van der Waals surface area contributed by atoms with Crippen molar-refractivity contribution in [1.29, 1.82) is 0 Å². The van der Waals surface area contributed by atoms with E-state index in [1.807, 2.05) is 0 Å². The lowest BCUT2D eigenvalue weighted by molar-refractivity contribution is 0.217. The highest BCUT2D eigenvalue weighted by molar-refractivity contribution is 9.10. The van der Waals surface area contributed by atoms with E-state index < -0.39 is 0 Å². The lowest BCUT2D eigenvalue weighted by Crippen LogP contribution is -2.30. The minimum Gasteiger partial charge on any atom is -0.0599 e. The van der Waals surface area contributed by atoms with Gasteiger partial charge in [-0.1, -0.05) is 62.7 Å². The maximum absolute atomic E-state index is 3.55. The van der Waals surface area contributed by atoms with Gasteiger partial charge in [-0.05, 0) is 66.0 Å². The summed E-state index contributed by atoms with van der Waals surface area (Å²) in [5.41, 5.74) is 2.31. The van der Waals surface area contributed by atoms with E-state index in [4.69, 9.17) is 0 Å². The van der Waals surface area contributed by atoms with Gasteiger partial charge in [-0.2, -0.15) is 0 Å². The molecule has 111 valence electrons. The molecule has 0 nitrogen and oxygen atoms in total. The molecule has 0 amide bonds. The van der Waals surface area contributed by atoms with E-state index in [-0.39, 0.29) is 0 Å². The first kappa shape index (κ1) is 16.1. The highest BCUT2D eigenvalue weighted by Gasteiger charge is 2.37. The van der Waals surface area contributed by atoms with Crippen molar-refractivity contribution in [1.82, 2.24) is 0 Å². The molecule has 0 saturated heterocycles. The second-order valence-corrected chi connectivity index (χ2v) is 9.09. The fourth-order valence-corrected chi connectivity index (χ4v) is 3.80. The average Bonchev–Trinajstić information content (AvgIpc) is 2.32. The van der Waals surface area contributed by atoms with Crippen LogP contribution in [0.15, 0.2) is 28.7 Å². The summed E-state index contributed by atoms with van der Waals surface area (Å²) in [7, 11) is 0. The normalized spacial score (nSPS) is 21.7. The first-order valence-electron chi connectivity index (χ1n) is 7.79. The molecule has 0 heterocycles. The van der Waals surface area contributed by atoms with Crippen molar-refractivity contribution in [3.05, 3.63) is 40.2 Å². The van der Waals surface area contributed by atoms with Crippen LogP contribution in [0.25, 0.3) is 0 Å². The van der Waals surface area contributed by atoms with Crippen LogP contribution < -0.4 is 0 Å². The molecule has 1 unspecified atom stereocenters. The quantitative estimate of drug-likeness (QED) is 0.560. The molecule has 0 aliphatic heterocycles. The highest BCUT2D eigenvalue weighted by atomic mass is 79.9. The van der Waals surface area contributed by atoms with Crippen molar-refractivity contribution >= 4 is 15.9 Å². The van der Waals surface area contributed by atoms with Crippen molar-refractivity contribution in [2.24, 2.45) is 10.8 Å². The monoisotopic (exact) mass is 335 g/mol. The van der Waals surface area contributed by atoms with Crippen LogP contribution in [0.3, 0.4) is 0 Å². The summed E-state index contributed by atoms with van der Waals surface area (Å²) >= 11 is 3.55. The van der Waals surface area contributed by atoms with Crippen molar-refractivity contribution in [3.8, 4) is 0 Å². The second-order valence-electron chi connectivity index (χ2n) is 8.17. The molecule has 1 saturated carbocycles.